The van der Waals surface area contributed by atoms with Gasteiger partial charge in [0.25, 0.3) is 0 Å². The lowest BCUT2D eigenvalue weighted by molar-refractivity contribution is 1.12. The van der Waals surface area contributed by atoms with Crippen molar-refractivity contribution < 1.29 is 0 Å². The summed E-state index contributed by atoms with van der Waals surface area (Å²) in [6.07, 6.45) is 0. The second-order valence-corrected chi connectivity index (χ2v) is 16.9. The Morgan fingerprint density at radius 3 is 0.875 bits per heavy atom. The third-order valence-electron chi connectivity index (χ3n) is 9.73. The molecule has 2 aromatic heterocycles. The monoisotopic (exact) mass is 648 g/mol. The Kier molecular flexibility index (Phi) is 7.55. The van der Waals surface area contributed by atoms with Crippen molar-refractivity contribution in [2.75, 3.05) is 0 Å². The van der Waals surface area contributed by atoms with Crippen molar-refractivity contribution in [1.82, 2.24) is 0 Å². The van der Waals surface area contributed by atoms with Gasteiger partial charge in [-0.3, -0.25) is 0 Å². The molecule has 0 bridgehead atoms. The molecule has 2 heteroatoms. The maximum atomic E-state index is 2.57. The third kappa shape index (κ3) is 4.93. The van der Waals surface area contributed by atoms with E-state index in [-0.39, 0.29) is 11.3 Å². The molecule has 1 aliphatic heterocycles. The van der Waals surface area contributed by atoms with Gasteiger partial charge in [0.15, 0.2) is 0 Å². The molecule has 3 heterocycles. The lowest BCUT2D eigenvalue weighted by atomic mass is 10.0. The molecule has 0 spiro atoms. The van der Waals surface area contributed by atoms with Crippen LogP contribution in [0.1, 0.15) is 33.0 Å². The van der Waals surface area contributed by atoms with Crippen LogP contribution < -0.4 is 0 Å². The molecule has 0 fully saturated rings. The zero-order valence-corrected chi connectivity index (χ0v) is 28.3. The highest BCUT2D eigenvalue weighted by molar-refractivity contribution is 7.63. The predicted octanol–water partition coefficient (Wildman–Crippen LogP) is 13.9. The summed E-state index contributed by atoms with van der Waals surface area (Å²) in [4.78, 5) is 0. The van der Waals surface area contributed by atoms with Gasteiger partial charge >= 0.3 is 0 Å². The molecule has 0 saturated carbocycles. The van der Waals surface area contributed by atoms with Crippen LogP contribution in [-0.2, 0) is 0 Å². The first kappa shape index (κ1) is 29.1. The van der Waals surface area contributed by atoms with Crippen molar-refractivity contribution in [3.05, 3.63) is 216 Å². The molecule has 0 amide bonds. The van der Waals surface area contributed by atoms with Gasteiger partial charge in [0.1, 0.15) is 0 Å². The molecule has 6 aromatic carbocycles. The van der Waals surface area contributed by atoms with Crippen LogP contribution in [0, 0.1) is 0 Å². The average Bonchev–Trinajstić information content (AvgIpc) is 3.76. The van der Waals surface area contributed by atoms with Crippen LogP contribution in [-0.4, -0.2) is 0 Å². The zero-order chi connectivity index (χ0) is 31.9. The van der Waals surface area contributed by atoms with Gasteiger partial charge in [0.2, 0.25) is 0 Å². The summed E-state index contributed by atoms with van der Waals surface area (Å²) in [5.74, 6) is 0. The van der Waals surface area contributed by atoms with E-state index in [4.69, 9.17) is 0 Å². The van der Waals surface area contributed by atoms with E-state index < -0.39 is 15.1 Å². The highest BCUT2D eigenvalue weighted by atomic mass is 31.1. The van der Waals surface area contributed by atoms with Crippen molar-refractivity contribution >= 4 is 15.1 Å². The summed E-state index contributed by atoms with van der Waals surface area (Å²) < 4.78 is 0. The van der Waals surface area contributed by atoms with E-state index in [0.29, 0.717) is 0 Å². The lowest BCUT2D eigenvalue weighted by Gasteiger charge is -2.36. The molecule has 0 N–H and O–H groups in total. The first-order chi connectivity index (χ1) is 23.9. The highest BCUT2D eigenvalue weighted by Crippen LogP contribution is 2.77. The Labute approximate surface area is 285 Å². The normalized spacial score (nSPS) is 15.8. The van der Waals surface area contributed by atoms with Gasteiger partial charge in [-0.25, -0.2) is 0 Å². The van der Waals surface area contributed by atoms with E-state index >= 15 is 0 Å². The van der Waals surface area contributed by atoms with E-state index in [1.807, 2.05) is 0 Å². The molecule has 228 valence electrons. The molecule has 8 aromatic rings. The van der Waals surface area contributed by atoms with E-state index in [9.17, 15) is 0 Å². The second-order valence-electron chi connectivity index (χ2n) is 12.5. The van der Waals surface area contributed by atoms with Crippen LogP contribution >= 0.6 is 15.1 Å². The molecule has 0 saturated heterocycles. The van der Waals surface area contributed by atoms with Crippen LogP contribution in [0.15, 0.2) is 194 Å². The Hall–Kier alpha value is -5.12. The number of rotatable bonds is 6. The summed E-state index contributed by atoms with van der Waals surface area (Å²) in [6.45, 7) is 0. The van der Waals surface area contributed by atoms with Gasteiger partial charge in [-0.2, -0.15) is 0 Å². The fourth-order valence-electron chi connectivity index (χ4n) is 7.68. The van der Waals surface area contributed by atoms with Gasteiger partial charge in [0.05, 0.1) is 11.3 Å². The SMILES string of the molecule is c1ccc(-c2cc(-c3ccccc3)p3c2C(c2ccccc2)p2c(-c4ccccc4)cc(-c4ccccc4)c2C3c2ccccc2)cc1. The first-order valence-corrected chi connectivity index (χ1v) is 19.5. The van der Waals surface area contributed by atoms with Gasteiger partial charge in [-0.15, -0.1) is 0 Å². The fourth-order valence-corrected chi connectivity index (χ4v) is 15.6. The maximum absolute atomic E-state index is 2.57. The Morgan fingerprint density at radius 1 is 0.292 bits per heavy atom. The number of hydrogen-bond acceptors (Lipinski definition) is 0. The van der Waals surface area contributed by atoms with Crippen molar-refractivity contribution in [2.45, 2.75) is 11.3 Å². The molecule has 0 radical (unpaired) electrons. The lowest BCUT2D eigenvalue weighted by Crippen LogP contribution is -2.07. The minimum absolute atomic E-state index is 0.252. The Morgan fingerprint density at radius 2 is 0.562 bits per heavy atom. The maximum Gasteiger partial charge on any atom is 0.0526 e. The molecule has 4 unspecified atom stereocenters. The molecular weight excluding hydrogens is 614 g/mol. The Bertz CT molecular complexity index is 2010. The molecule has 0 nitrogen and oxygen atoms in total. The molecule has 4 atom stereocenters. The summed E-state index contributed by atoms with van der Waals surface area (Å²) in [7, 11) is -1.59. The molecule has 9 rings (SSSR count). The van der Waals surface area contributed by atoms with Crippen molar-refractivity contribution in [1.29, 1.82) is 0 Å². The van der Waals surface area contributed by atoms with Crippen LogP contribution in [0.4, 0.5) is 0 Å². The van der Waals surface area contributed by atoms with Gasteiger partial charge in [-0.1, -0.05) is 197 Å². The van der Waals surface area contributed by atoms with Gasteiger partial charge in [-0.05, 0) is 67.2 Å². The fraction of sp³-hybridized carbons (Fsp3) is 0.0435. The topological polar surface area (TPSA) is 0 Å². The highest BCUT2D eigenvalue weighted by Gasteiger charge is 2.42. The molecule has 48 heavy (non-hydrogen) atoms. The van der Waals surface area contributed by atoms with E-state index in [1.165, 1.54) is 55.1 Å². The second kappa shape index (κ2) is 12.5. The van der Waals surface area contributed by atoms with Crippen LogP contribution in [0.5, 0.6) is 0 Å². The van der Waals surface area contributed by atoms with Crippen LogP contribution in [0.3, 0.4) is 0 Å². The average molecular weight is 649 g/mol. The number of benzene rings is 6. The Balaban J connectivity index is 1.49. The summed E-state index contributed by atoms with van der Waals surface area (Å²) >= 11 is 0. The standard InChI is InChI=1S/C46H34P2/c1-7-19-33(20-8-1)39-31-41(35-23-11-3-12-24-35)47-44(38-29-17-6-18-30-38)46-40(34-21-9-2-10-22-34)32-42(36-25-13-4-14-26-36)48(46)43(45(39)47)37-27-15-5-16-28-37/h1-32,43-44H. The van der Waals surface area contributed by atoms with Crippen LogP contribution in [0.2, 0.25) is 0 Å². The number of hydrogen-bond donors (Lipinski definition) is 0. The summed E-state index contributed by atoms with van der Waals surface area (Å²) in [5.41, 5.74) is 11.5. The molecule has 1 aliphatic rings. The van der Waals surface area contributed by atoms with Crippen molar-refractivity contribution in [3.8, 4) is 44.0 Å². The smallest absolute Gasteiger partial charge is 0.0526 e. The van der Waals surface area contributed by atoms with Crippen molar-refractivity contribution in [3.63, 3.8) is 0 Å². The van der Waals surface area contributed by atoms with E-state index in [0.717, 1.165) is 0 Å². The predicted molar refractivity (Wildman–Crippen MR) is 207 cm³/mol. The van der Waals surface area contributed by atoms with Crippen molar-refractivity contribution in [2.24, 2.45) is 0 Å². The minimum atomic E-state index is -0.796. The summed E-state index contributed by atoms with van der Waals surface area (Å²) in [5, 5.41) is 6.22. The minimum Gasteiger partial charge on any atom is -0.0990 e. The quantitative estimate of drug-likeness (QED) is 0.168. The zero-order valence-electron chi connectivity index (χ0n) is 26.5. The molecule has 0 aliphatic carbocycles. The van der Waals surface area contributed by atoms with E-state index in [2.05, 4.69) is 194 Å². The summed E-state index contributed by atoms with van der Waals surface area (Å²) in [6, 6.07) is 72.7. The number of fused-ring (bicyclic) bond motifs is 2. The largest absolute Gasteiger partial charge is 0.0990 e. The molecular formula is C46H34P2. The van der Waals surface area contributed by atoms with E-state index in [1.54, 1.807) is 10.6 Å². The van der Waals surface area contributed by atoms with Crippen LogP contribution in [0.25, 0.3) is 44.0 Å². The third-order valence-corrected chi connectivity index (χ3v) is 16.1. The van der Waals surface area contributed by atoms with Gasteiger partial charge < -0.3 is 0 Å². The first-order valence-electron chi connectivity index (χ1n) is 16.7. The van der Waals surface area contributed by atoms with Gasteiger partial charge in [0, 0.05) is 10.6 Å².